The summed E-state index contributed by atoms with van der Waals surface area (Å²) in [5.41, 5.74) is -5.82. The van der Waals surface area contributed by atoms with Gasteiger partial charge in [-0.05, 0) is 24.3 Å². The lowest BCUT2D eigenvalue weighted by molar-refractivity contribution is -0.178. The van der Waals surface area contributed by atoms with Gasteiger partial charge in [0.1, 0.15) is 58.9 Å². The van der Waals surface area contributed by atoms with Crippen LogP contribution in [0.1, 0.15) is 65.5 Å². The predicted molar refractivity (Wildman–Crippen MR) is 183 cm³/mol. The zero-order valence-electron chi connectivity index (χ0n) is 30.1. The van der Waals surface area contributed by atoms with E-state index in [0.29, 0.717) is 0 Å². The molecule has 4 N–H and O–H groups in total. The van der Waals surface area contributed by atoms with Crippen LogP contribution < -0.4 is 9.47 Å². The lowest BCUT2D eigenvalue weighted by Crippen LogP contribution is -2.63. The first kappa shape index (κ1) is 37.7. The van der Waals surface area contributed by atoms with E-state index in [-0.39, 0.29) is 46.6 Å². The Morgan fingerprint density at radius 1 is 0.630 bits per heavy atom. The molecule has 2 saturated carbocycles. The summed E-state index contributed by atoms with van der Waals surface area (Å²) in [6.45, 7) is 6.52. The normalized spacial score (nSPS) is 26.9. The molecular formula is C38H38O16. The highest BCUT2D eigenvalue weighted by Gasteiger charge is 2.62. The summed E-state index contributed by atoms with van der Waals surface area (Å²) in [6, 6.07) is 5.20. The molecule has 2 aliphatic carbocycles. The Bertz CT molecular complexity index is 1950. The molecule has 6 rings (SSSR count). The minimum absolute atomic E-state index is 0.138. The number of rotatable bonds is 7. The fourth-order valence-electron chi connectivity index (χ4n) is 7.98. The van der Waals surface area contributed by atoms with Crippen LogP contribution in [0.5, 0.6) is 23.0 Å². The highest BCUT2D eigenvalue weighted by molar-refractivity contribution is 6.08. The molecule has 0 radical (unpaired) electrons. The van der Waals surface area contributed by atoms with Gasteiger partial charge in [0.2, 0.25) is 11.2 Å². The molecule has 2 heterocycles. The Labute approximate surface area is 307 Å². The molecule has 16 nitrogen and oxygen atoms in total. The molecule has 2 aromatic carbocycles. The van der Waals surface area contributed by atoms with Crippen molar-refractivity contribution in [2.75, 3.05) is 13.2 Å². The lowest BCUT2D eigenvalue weighted by atomic mass is 9.69. The average molecular weight is 751 g/mol. The number of aliphatic hydroxyl groups is 2. The van der Waals surface area contributed by atoms with Crippen molar-refractivity contribution in [1.29, 1.82) is 0 Å². The molecule has 0 saturated heterocycles. The molecular weight excluding hydrogens is 712 g/mol. The number of hydrogen-bond donors (Lipinski definition) is 4. The van der Waals surface area contributed by atoms with Crippen LogP contribution in [-0.2, 0) is 47.7 Å². The number of ketones is 2. The summed E-state index contributed by atoms with van der Waals surface area (Å²) in [7, 11) is 0. The van der Waals surface area contributed by atoms with Gasteiger partial charge in [0.25, 0.3) is 0 Å². The van der Waals surface area contributed by atoms with Gasteiger partial charge in [-0.2, -0.15) is 0 Å². The van der Waals surface area contributed by atoms with E-state index < -0.39 is 118 Å². The Balaban J connectivity index is 1.51. The van der Waals surface area contributed by atoms with E-state index >= 15 is 0 Å². The Hall–Kier alpha value is -6.06. The fraction of sp³-hybridized carbons (Fsp3) is 0.421. The number of carbonyl (C=O) groups excluding carboxylic acids is 6. The molecule has 0 unspecified atom stereocenters. The van der Waals surface area contributed by atoms with Crippen LogP contribution in [0, 0.1) is 11.8 Å². The van der Waals surface area contributed by atoms with Crippen molar-refractivity contribution in [3.63, 3.8) is 0 Å². The third kappa shape index (κ3) is 5.85. The van der Waals surface area contributed by atoms with Crippen LogP contribution >= 0.6 is 0 Å². The Morgan fingerprint density at radius 2 is 0.981 bits per heavy atom. The largest absolute Gasteiger partial charge is 0.506 e. The molecule has 2 aromatic rings. The van der Waals surface area contributed by atoms with E-state index in [1.165, 1.54) is 24.3 Å². The van der Waals surface area contributed by atoms with Gasteiger partial charge in [0.15, 0.2) is 23.8 Å². The highest BCUT2D eigenvalue weighted by Crippen LogP contribution is 2.56. The molecule has 0 spiro atoms. The van der Waals surface area contributed by atoms with Crippen molar-refractivity contribution in [3.8, 4) is 34.1 Å². The summed E-state index contributed by atoms with van der Waals surface area (Å²) in [4.78, 5) is 75.4. The van der Waals surface area contributed by atoms with E-state index in [9.17, 15) is 49.2 Å². The van der Waals surface area contributed by atoms with Gasteiger partial charge in [-0.1, -0.05) is 13.8 Å². The van der Waals surface area contributed by atoms with E-state index in [4.69, 9.17) is 28.4 Å². The highest BCUT2D eigenvalue weighted by atomic mass is 16.6. The molecule has 0 aromatic heterocycles. The minimum atomic E-state index is -1.99. The number of phenolic OH excluding ortho intramolecular Hbond substituents is 2. The smallest absolute Gasteiger partial charge is 0.303 e. The average Bonchev–Trinajstić information content (AvgIpc) is 3.06. The van der Waals surface area contributed by atoms with Gasteiger partial charge in [-0.15, -0.1) is 0 Å². The number of ether oxygens (including phenoxy) is 6. The maximum atomic E-state index is 13.6. The van der Waals surface area contributed by atoms with Gasteiger partial charge < -0.3 is 48.8 Å². The van der Waals surface area contributed by atoms with Crippen LogP contribution in [-0.4, -0.2) is 92.5 Å². The molecule has 6 atom stereocenters. The molecule has 0 amide bonds. The third-order valence-electron chi connectivity index (χ3n) is 10.0. The van der Waals surface area contributed by atoms with Gasteiger partial charge in [-0.3, -0.25) is 28.8 Å². The monoisotopic (exact) mass is 750 g/mol. The van der Waals surface area contributed by atoms with Crippen LogP contribution in [0.2, 0.25) is 0 Å². The second-order valence-electron chi connectivity index (χ2n) is 13.9. The summed E-state index contributed by atoms with van der Waals surface area (Å²) in [5.74, 6) is -8.76. The number of aliphatic hydroxyl groups excluding tert-OH is 2. The SMILES string of the molecule is CC(=O)OC[C@]12Oc3ccc(-c4ccc5c(c4O)C(O)=C4C(=O)C[C@@H](C)[C@@H](OC(C)=O)[C@@]4(COC(C)=O)O5)c(O)c3C(O)=C1C(=O)C[C@@H](C)[C@H]2OC(C)=O. The summed E-state index contributed by atoms with van der Waals surface area (Å²) in [5, 5.41) is 46.9. The maximum absolute atomic E-state index is 13.6. The number of phenols is 2. The Kier molecular flexibility index (Phi) is 9.36. The van der Waals surface area contributed by atoms with Crippen molar-refractivity contribution in [2.45, 2.75) is 77.8 Å². The standard InChI is InChI=1S/C38H38O16/c1-15-11-23(43)29-33(47)27-25(53-37(29,13-49-17(3)39)35(15)51-19(5)41)9-7-21(31(27)45)22-8-10-26-28(32(22)46)34(48)30-24(44)12-16(2)36(52-20(6)42)38(30,54-26)14-50-18(4)40/h7-10,15-16,35-36,45-48H,11-14H2,1-6H3/t15-,16-,35-,36-,37+,38+/m1/s1. The van der Waals surface area contributed by atoms with Gasteiger partial charge in [-0.25, -0.2) is 0 Å². The third-order valence-corrected chi connectivity index (χ3v) is 10.0. The molecule has 2 aliphatic heterocycles. The number of hydrogen-bond acceptors (Lipinski definition) is 16. The lowest BCUT2D eigenvalue weighted by Gasteiger charge is -2.48. The zero-order valence-corrected chi connectivity index (χ0v) is 30.1. The Morgan fingerprint density at radius 3 is 1.30 bits per heavy atom. The van der Waals surface area contributed by atoms with Crippen molar-refractivity contribution in [1.82, 2.24) is 0 Å². The zero-order chi connectivity index (χ0) is 39.6. The fourth-order valence-corrected chi connectivity index (χ4v) is 7.98. The van der Waals surface area contributed by atoms with Gasteiger partial charge in [0, 0.05) is 63.5 Å². The number of esters is 4. The molecule has 2 fully saturated rings. The first-order valence-corrected chi connectivity index (χ1v) is 17.0. The number of fused-ring (bicyclic) bond motifs is 4. The number of aromatic hydroxyl groups is 2. The number of benzene rings is 2. The maximum Gasteiger partial charge on any atom is 0.303 e. The van der Waals surface area contributed by atoms with Crippen LogP contribution in [0.3, 0.4) is 0 Å². The summed E-state index contributed by atoms with van der Waals surface area (Å²) >= 11 is 0. The molecule has 16 heteroatoms. The second kappa shape index (κ2) is 13.4. The molecule has 0 bridgehead atoms. The van der Waals surface area contributed by atoms with Crippen molar-refractivity contribution < 1.29 is 77.6 Å². The van der Waals surface area contributed by atoms with Crippen molar-refractivity contribution in [2.24, 2.45) is 11.8 Å². The minimum Gasteiger partial charge on any atom is -0.506 e. The van der Waals surface area contributed by atoms with Gasteiger partial charge >= 0.3 is 23.9 Å². The quantitative estimate of drug-likeness (QED) is 0.233. The van der Waals surface area contributed by atoms with E-state index in [1.807, 2.05) is 0 Å². The van der Waals surface area contributed by atoms with Crippen LogP contribution in [0.15, 0.2) is 35.4 Å². The van der Waals surface area contributed by atoms with Crippen LogP contribution in [0.4, 0.5) is 0 Å². The summed E-state index contributed by atoms with van der Waals surface area (Å²) < 4.78 is 34.2. The number of carbonyl (C=O) groups is 6. The summed E-state index contributed by atoms with van der Waals surface area (Å²) in [6.07, 6.45) is -2.82. The van der Waals surface area contributed by atoms with Crippen molar-refractivity contribution in [3.05, 3.63) is 46.5 Å². The topological polar surface area (TPSA) is 239 Å². The molecule has 4 aliphatic rings. The molecule has 286 valence electrons. The van der Waals surface area contributed by atoms with Gasteiger partial charge in [0.05, 0.1) is 11.1 Å². The second-order valence-corrected chi connectivity index (χ2v) is 13.9. The predicted octanol–water partition coefficient (Wildman–Crippen LogP) is 3.77. The van der Waals surface area contributed by atoms with Crippen molar-refractivity contribution >= 4 is 47.0 Å². The first-order chi connectivity index (χ1) is 25.3. The van der Waals surface area contributed by atoms with Crippen LogP contribution in [0.25, 0.3) is 22.6 Å². The number of Topliss-reactive ketones (excluding diaryl/α,β-unsaturated/α-hetero) is 2. The molecule has 54 heavy (non-hydrogen) atoms. The van der Waals surface area contributed by atoms with E-state index in [1.54, 1.807) is 13.8 Å². The van der Waals surface area contributed by atoms with E-state index in [0.717, 1.165) is 27.7 Å². The first-order valence-electron chi connectivity index (χ1n) is 17.0. The van der Waals surface area contributed by atoms with E-state index in [2.05, 4.69) is 0 Å².